The molecule has 6 nitrogen and oxygen atoms in total. The number of amides is 1. The summed E-state index contributed by atoms with van der Waals surface area (Å²) in [5, 5.41) is 0. The van der Waals surface area contributed by atoms with E-state index in [1.54, 1.807) is 17.0 Å². The van der Waals surface area contributed by atoms with Gasteiger partial charge in [-0.05, 0) is 43.0 Å². The number of nitrogens with two attached hydrogens (primary N) is 1. The van der Waals surface area contributed by atoms with Crippen LogP contribution in [0, 0.1) is 5.92 Å². The highest BCUT2D eigenvalue weighted by Gasteiger charge is 2.29. The van der Waals surface area contributed by atoms with E-state index in [9.17, 15) is 13.2 Å². The maximum Gasteiger partial charge on any atom is 0.254 e. The molecule has 1 saturated heterocycles. The molecule has 3 N–H and O–H groups in total. The molecule has 0 radical (unpaired) electrons. The van der Waals surface area contributed by atoms with Crippen molar-refractivity contribution >= 4 is 28.3 Å². The fourth-order valence-corrected chi connectivity index (χ4v) is 3.94. The second-order valence-electron chi connectivity index (χ2n) is 6.18. The van der Waals surface area contributed by atoms with Crippen molar-refractivity contribution in [3.8, 4) is 0 Å². The molecule has 25 heavy (non-hydrogen) atoms. The van der Waals surface area contributed by atoms with Gasteiger partial charge in [-0.2, -0.15) is 0 Å². The van der Waals surface area contributed by atoms with Gasteiger partial charge in [-0.1, -0.05) is 13.0 Å². The molecule has 1 aromatic rings. The molecule has 1 aromatic carbocycles. The van der Waals surface area contributed by atoms with Crippen molar-refractivity contribution < 1.29 is 13.2 Å². The number of carbonyl (C=O) groups is 1. The molecule has 2 atom stereocenters. The lowest BCUT2D eigenvalue weighted by molar-refractivity contribution is 0.0573. The number of halogens is 1. The summed E-state index contributed by atoms with van der Waals surface area (Å²) in [6.07, 6.45) is 3.33. The predicted molar refractivity (Wildman–Crippen MR) is 101 cm³/mol. The van der Waals surface area contributed by atoms with Crippen LogP contribution in [0.25, 0.3) is 0 Å². The number of benzene rings is 1. The third kappa shape index (κ3) is 5.28. The van der Waals surface area contributed by atoms with Crippen molar-refractivity contribution in [2.75, 3.05) is 19.6 Å². The van der Waals surface area contributed by atoms with Crippen LogP contribution >= 0.6 is 12.4 Å². The third-order valence-electron chi connectivity index (χ3n) is 4.34. The van der Waals surface area contributed by atoms with Crippen LogP contribution in [0.5, 0.6) is 0 Å². The van der Waals surface area contributed by atoms with Crippen LogP contribution in [0.2, 0.25) is 0 Å². The molecule has 1 aliphatic rings. The highest BCUT2D eigenvalue weighted by atomic mass is 35.5. The Balaban J connectivity index is 0.00000312. The molecule has 2 unspecified atom stereocenters. The van der Waals surface area contributed by atoms with Gasteiger partial charge in [-0.15, -0.1) is 19.0 Å². The molecule has 0 aliphatic carbocycles. The molecule has 8 heteroatoms. The van der Waals surface area contributed by atoms with Gasteiger partial charge in [-0.3, -0.25) is 4.79 Å². The molecule has 1 fully saturated rings. The molecule has 1 aliphatic heterocycles. The van der Waals surface area contributed by atoms with Crippen molar-refractivity contribution in [3.63, 3.8) is 0 Å². The maximum atomic E-state index is 12.7. The lowest BCUT2D eigenvalue weighted by Gasteiger charge is -2.38. The number of likely N-dealkylation sites (tertiary alicyclic amines) is 1. The van der Waals surface area contributed by atoms with Crippen LogP contribution < -0.4 is 10.5 Å². The third-order valence-corrected chi connectivity index (χ3v) is 5.78. The fourth-order valence-electron chi connectivity index (χ4n) is 2.94. The van der Waals surface area contributed by atoms with E-state index in [2.05, 4.69) is 18.2 Å². The summed E-state index contributed by atoms with van der Waals surface area (Å²) in [4.78, 5) is 14.6. The summed E-state index contributed by atoms with van der Waals surface area (Å²) in [5.74, 6) is 0.464. The highest BCUT2D eigenvalue weighted by molar-refractivity contribution is 7.89. The number of carbonyl (C=O) groups excluding carboxylic acids is 1. The topological polar surface area (TPSA) is 92.5 Å². The summed E-state index contributed by atoms with van der Waals surface area (Å²) in [6, 6.07) is 6.04. The van der Waals surface area contributed by atoms with E-state index in [0.29, 0.717) is 24.6 Å². The predicted octanol–water partition coefficient (Wildman–Crippen LogP) is 1.77. The number of hydrogen-bond donors (Lipinski definition) is 2. The minimum Gasteiger partial charge on any atom is -0.334 e. The fraction of sp³-hybridized carbons (Fsp3) is 0.471. The number of sulfonamides is 1. The first kappa shape index (κ1) is 21.6. The van der Waals surface area contributed by atoms with Gasteiger partial charge >= 0.3 is 0 Å². The van der Waals surface area contributed by atoms with Crippen LogP contribution in [-0.2, 0) is 10.0 Å². The number of nitrogens with zero attached hydrogens (tertiary/aromatic N) is 1. The van der Waals surface area contributed by atoms with Gasteiger partial charge in [0, 0.05) is 31.2 Å². The SMILES string of the molecule is C=CCNS(=O)(=O)c1ccc(C(=O)N2CCC(C)CC2CN)cc1.Cl. The summed E-state index contributed by atoms with van der Waals surface area (Å²) in [5.41, 5.74) is 6.29. The Hall–Kier alpha value is -1.41. The second kappa shape index (κ2) is 9.33. The van der Waals surface area contributed by atoms with Crippen LogP contribution in [0.15, 0.2) is 41.8 Å². The average molecular weight is 388 g/mol. The van der Waals surface area contributed by atoms with Crippen LogP contribution in [-0.4, -0.2) is 44.9 Å². The molecule has 1 amide bonds. The quantitative estimate of drug-likeness (QED) is 0.727. The van der Waals surface area contributed by atoms with E-state index >= 15 is 0 Å². The molecule has 0 bridgehead atoms. The standard InChI is InChI=1S/C17H25N3O3S.ClH/c1-3-9-19-24(22,23)16-6-4-14(5-7-16)17(21)20-10-8-13(2)11-15(20)12-18;/h3-7,13,15,19H,1,8-12,18H2,2H3;1H. The van der Waals surface area contributed by atoms with Crippen molar-refractivity contribution in [1.29, 1.82) is 0 Å². The number of hydrogen-bond acceptors (Lipinski definition) is 4. The Morgan fingerprint density at radius 1 is 1.40 bits per heavy atom. The lowest BCUT2D eigenvalue weighted by atomic mass is 9.92. The first-order valence-corrected chi connectivity index (χ1v) is 9.59. The molecule has 0 aromatic heterocycles. The van der Waals surface area contributed by atoms with Gasteiger partial charge < -0.3 is 10.6 Å². The minimum absolute atomic E-state index is 0. The van der Waals surface area contributed by atoms with Crippen LogP contribution in [0.3, 0.4) is 0 Å². The van der Waals surface area contributed by atoms with Crippen molar-refractivity contribution in [2.45, 2.75) is 30.7 Å². The molecule has 1 heterocycles. The van der Waals surface area contributed by atoms with Gasteiger partial charge in [0.2, 0.25) is 10.0 Å². The Bertz CT molecular complexity index is 692. The molecule has 2 rings (SSSR count). The first-order chi connectivity index (χ1) is 11.4. The summed E-state index contributed by atoms with van der Waals surface area (Å²) >= 11 is 0. The van der Waals surface area contributed by atoms with E-state index in [1.165, 1.54) is 18.2 Å². The molecule has 0 spiro atoms. The maximum absolute atomic E-state index is 12.7. The normalized spacial score (nSPS) is 20.6. The Morgan fingerprint density at radius 2 is 2.04 bits per heavy atom. The zero-order chi connectivity index (χ0) is 17.7. The van der Waals surface area contributed by atoms with E-state index in [4.69, 9.17) is 5.73 Å². The molecular formula is C17H26ClN3O3S. The van der Waals surface area contributed by atoms with Gasteiger partial charge in [-0.25, -0.2) is 13.1 Å². The Labute approximate surface area is 155 Å². The monoisotopic (exact) mass is 387 g/mol. The zero-order valence-electron chi connectivity index (χ0n) is 14.3. The van der Waals surface area contributed by atoms with E-state index < -0.39 is 10.0 Å². The summed E-state index contributed by atoms with van der Waals surface area (Å²) in [7, 11) is -3.58. The van der Waals surface area contributed by atoms with E-state index in [0.717, 1.165) is 12.8 Å². The number of piperidine rings is 1. The van der Waals surface area contributed by atoms with Crippen molar-refractivity contribution in [2.24, 2.45) is 11.7 Å². The lowest BCUT2D eigenvalue weighted by Crippen LogP contribution is -2.49. The zero-order valence-corrected chi connectivity index (χ0v) is 16.0. The number of nitrogens with one attached hydrogen (secondary N) is 1. The van der Waals surface area contributed by atoms with Gasteiger partial charge in [0.25, 0.3) is 5.91 Å². The van der Waals surface area contributed by atoms with Crippen LogP contribution in [0.4, 0.5) is 0 Å². The second-order valence-corrected chi connectivity index (χ2v) is 7.95. The van der Waals surface area contributed by atoms with Crippen molar-refractivity contribution in [3.05, 3.63) is 42.5 Å². The summed E-state index contributed by atoms with van der Waals surface area (Å²) < 4.78 is 26.5. The molecular weight excluding hydrogens is 362 g/mol. The minimum atomic E-state index is -3.58. The highest BCUT2D eigenvalue weighted by Crippen LogP contribution is 2.24. The molecule has 0 saturated carbocycles. The van der Waals surface area contributed by atoms with Crippen LogP contribution in [0.1, 0.15) is 30.1 Å². The van der Waals surface area contributed by atoms with Gasteiger partial charge in [0.05, 0.1) is 4.90 Å². The van der Waals surface area contributed by atoms with Gasteiger partial charge in [0.15, 0.2) is 0 Å². The van der Waals surface area contributed by atoms with E-state index in [-0.39, 0.29) is 35.8 Å². The Morgan fingerprint density at radius 3 is 2.60 bits per heavy atom. The van der Waals surface area contributed by atoms with Gasteiger partial charge in [0.1, 0.15) is 0 Å². The average Bonchev–Trinajstić information content (AvgIpc) is 2.59. The molecule has 140 valence electrons. The smallest absolute Gasteiger partial charge is 0.254 e. The summed E-state index contributed by atoms with van der Waals surface area (Å²) in [6.45, 7) is 6.93. The van der Waals surface area contributed by atoms with E-state index in [1.807, 2.05) is 0 Å². The Kier molecular flexibility index (Phi) is 8.08. The largest absolute Gasteiger partial charge is 0.334 e. The first-order valence-electron chi connectivity index (χ1n) is 8.10. The van der Waals surface area contributed by atoms with Crippen molar-refractivity contribution in [1.82, 2.24) is 9.62 Å². The number of rotatable bonds is 6.